The number of rotatable bonds is 30. The van der Waals surface area contributed by atoms with E-state index in [-0.39, 0.29) is 11.9 Å². The van der Waals surface area contributed by atoms with Crippen LogP contribution in [-0.4, -0.2) is 60.4 Å². The molecule has 1 saturated carbocycles. The monoisotopic (exact) mass is 786 g/mol. The highest BCUT2D eigenvalue weighted by atomic mass is 16.5. The van der Waals surface area contributed by atoms with Crippen LogP contribution in [0.5, 0.6) is 11.5 Å². The highest BCUT2D eigenvalue weighted by Gasteiger charge is 2.24. The minimum Gasteiger partial charge on any atom is -0.494 e. The fourth-order valence-electron chi connectivity index (χ4n) is 6.78. The number of carbonyl (C=O) groups excluding carboxylic acids is 3. The Morgan fingerprint density at radius 2 is 1.07 bits per heavy atom. The van der Waals surface area contributed by atoms with Crippen LogP contribution in [0.15, 0.2) is 62.0 Å². The van der Waals surface area contributed by atoms with Crippen molar-refractivity contribution >= 4 is 17.9 Å². The molecule has 312 valence electrons. The van der Waals surface area contributed by atoms with Crippen molar-refractivity contribution in [1.82, 2.24) is 9.97 Å². The number of carbonyl (C=O) groups is 3. The minimum absolute atomic E-state index is 0.322. The van der Waals surface area contributed by atoms with Crippen LogP contribution in [-0.2, 0) is 28.6 Å². The Bertz CT molecular complexity index is 1490. The third-order valence-corrected chi connectivity index (χ3v) is 10.1. The fraction of sp³-hybridized carbons (Fsp3) is 0.596. The second-order valence-electron chi connectivity index (χ2n) is 14.7. The summed E-state index contributed by atoms with van der Waals surface area (Å²) in [5.74, 6) is 5.44. The molecule has 0 saturated heterocycles. The van der Waals surface area contributed by atoms with Gasteiger partial charge in [-0.3, -0.25) is 4.98 Å². The maximum absolute atomic E-state index is 12.4. The Labute approximate surface area is 341 Å². The molecule has 0 spiro atoms. The molecule has 0 atom stereocenters. The van der Waals surface area contributed by atoms with Gasteiger partial charge in [-0.2, -0.15) is 0 Å². The van der Waals surface area contributed by atoms with Crippen molar-refractivity contribution in [3.8, 4) is 23.3 Å². The van der Waals surface area contributed by atoms with E-state index in [2.05, 4.69) is 35.0 Å². The van der Waals surface area contributed by atoms with E-state index in [0.29, 0.717) is 43.3 Å². The van der Waals surface area contributed by atoms with E-state index in [1.165, 1.54) is 82.8 Å². The van der Waals surface area contributed by atoms with Gasteiger partial charge in [-0.15, -0.1) is 0 Å². The summed E-state index contributed by atoms with van der Waals surface area (Å²) in [6.45, 7) is 9.24. The van der Waals surface area contributed by atoms with Crippen LogP contribution in [0.3, 0.4) is 0 Å². The van der Waals surface area contributed by atoms with Gasteiger partial charge in [0.1, 0.15) is 17.2 Å². The van der Waals surface area contributed by atoms with Gasteiger partial charge in [-0.05, 0) is 81.6 Å². The number of nitrogens with zero attached hydrogens (tertiary/aromatic N) is 2. The number of unbranched alkanes of at least 4 members (excludes halogenated alkanes) is 16. The lowest BCUT2D eigenvalue weighted by molar-refractivity contribution is -0.138. The molecule has 10 heteroatoms. The molecule has 1 aromatic carbocycles. The lowest BCUT2D eigenvalue weighted by Crippen LogP contribution is -2.21. The largest absolute Gasteiger partial charge is 0.494 e. The van der Waals surface area contributed by atoms with Gasteiger partial charge in [0.25, 0.3) is 0 Å². The van der Waals surface area contributed by atoms with Crippen molar-refractivity contribution in [3.05, 3.63) is 73.4 Å². The van der Waals surface area contributed by atoms with Gasteiger partial charge in [0.05, 0.1) is 44.0 Å². The molecule has 0 bridgehead atoms. The highest BCUT2D eigenvalue weighted by Crippen LogP contribution is 2.33. The molecule has 10 nitrogen and oxygen atoms in total. The van der Waals surface area contributed by atoms with E-state index >= 15 is 0 Å². The predicted molar refractivity (Wildman–Crippen MR) is 223 cm³/mol. The maximum Gasteiger partial charge on any atom is 0.390 e. The summed E-state index contributed by atoms with van der Waals surface area (Å²) >= 11 is 0. The fourth-order valence-corrected chi connectivity index (χ4v) is 6.78. The second-order valence-corrected chi connectivity index (χ2v) is 14.7. The smallest absolute Gasteiger partial charge is 0.390 e. The lowest BCUT2D eigenvalue weighted by Gasteiger charge is -2.28. The molecule has 1 fully saturated rings. The summed E-state index contributed by atoms with van der Waals surface area (Å²) in [5, 5.41) is 0. The quantitative estimate of drug-likeness (QED) is 0.0249. The second kappa shape index (κ2) is 30.6. The Morgan fingerprint density at radius 1 is 0.596 bits per heavy atom. The van der Waals surface area contributed by atoms with Crippen LogP contribution in [0.4, 0.5) is 0 Å². The van der Waals surface area contributed by atoms with Crippen LogP contribution in [0.2, 0.25) is 0 Å². The number of esters is 3. The van der Waals surface area contributed by atoms with Crippen molar-refractivity contribution in [1.29, 1.82) is 0 Å². The number of hydrogen-bond donors (Lipinski definition) is 0. The Kier molecular flexibility index (Phi) is 25.2. The molecule has 1 aliphatic carbocycles. The molecule has 0 N–H and O–H groups in total. The molecule has 1 aromatic heterocycles. The molecule has 57 heavy (non-hydrogen) atoms. The number of ether oxygens (including phenoxy) is 5. The van der Waals surface area contributed by atoms with Gasteiger partial charge in [0.15, 0.2) is 0 Å². The van der Waals surface area contributed by atoms with Gasteiger partial charge in [-0.25, -0.2) is 19.4 Å². The average molecular weight is 787 g/mol. The van der Waals surface area contributed by atoms with E-state index in [1.54, 1.807) is 36.7 Å². The zero-order valence-electron chi connectivity index (χ0n) is 34.2. The van der Waals surface area contributed by atoms with E-state index < -0.39 is 5.97 Å². The van der Waals surface area contributed by atoms with E-state index in [4.69, 9.17) is 23.7 Å². The summed E-state index contributed by atoms with van der Waals surface area (Å²) in [5.41, 5.74) is 1.39. The normalized spacial score (nSPS) is 14.8. The van der Waals surface area contributed by atoms with Crippen LogP contribution < -0.4 is 9.47 Å². The van der Waals surface area contributed by atoms with Gasteiger partial charge in [0.2, 0.25) is 0 Å². The lowest BCUT2D eigenvalue weighted by atomic mass is 9.85. The molecule has 0 aliphatic heterocycles. The molecule has 0 amide bonds. The minimum atomic E-state index is -0.657. The summed E-state index contributed by atoms with van der Waals surface area (Å²) in [6.07, 6.45) is 30.9. The zero-order valence-corrected chi connectivity index (χ0v) is 34.2. The Hall–Kier alpha value is -4.49. The topological polar surface area (TPSA) is 123 Å². The molecular weight excluding hydrogens is 721 g/mol. The molecule has 1 heterocycles. The summed E-state index contributed by atoms with van der Waals surface area (Å²) in [7, 11) is 0. The summed E-state index contributed by atoms with van der Waals surface area (Å²) in [6, 6.07) is 7.00. The molecule has 0 unspecified atom stereocenters. The molecular formula is C47H66N2O8. The van der Waals surface area contributed by atoms with E-state index in [0.717, 1.165) is 88.7 Å². The Balaban J connectivity index is 1.17. The van der Waals surface area contributed by atoms with Crippen LogP contribution in [0.25, 0.3) is 0 Å². The zero-order chi connectivity index (χ0) is 40.6. The standard InChI is InChI=1S/C47H66N2O8/c1-3-45(50)55-35-21-17-13-9-5-7-11-15-19-33-53-41-26-23-39(24-27-41)44-38-48-40(37-49-44)25-32-47(52)57-43-30-28-42(29-31-43)54-34-20-16-12-8-6-10-14-18-22-36-56-46(51)4-2/h3-4,28-31,37-39,41H,1-2,5-24,26-27,33-36H2. The van der Waals surface area contributed by atoms with E-state index in [1.807, 2.05) is 0 Å². The SMILES string of the molecule is C=CC(=O)OCCCCCCCCCCCOc1ccc(OC(=O)C#Cc2cnc(C3CCC(OCCCCCCCCCCCOC(=O)C=C)CC3)cn2)cc1. The van der Waals surface area contributed by atoms with Gasteiger partial charge in [-0.1, -0.05) is 103 Å². The van der Waals surface area contributed by atoms with Gasteiger partial charge < -0.3 is 23.7 Å². The predicted octanol–water partition coefficient (Wildman–Crippen LogP) is 10.3. The van der Waals surface area contributed by atoms with Crippen molar-refractivity contribution in [2.45, 2.75) is 153 Å². The summed E-state index contributed by atoms with van der Waals surface area (Å²) < 4.78 is 27.4. The first-order valence-electron chi connectivity index (χ1n) is 21.5. The van der Waals surface area contributed by atoms with Crippen molar-refractivity contribution in [3.63, 3.8) is 0 Å². The van der Waals surface area contributed by atoms with E-state index in [9.17, 15) is 14.4 Å². The van der Waals surface area contributed by atoms with Crippen LogP contribution >= 0.6 is 0 Å². The first-order valence-corrected chi connectivity index (χ1v) is 21.5. The molecule has 2 aromatic rings. The highest BCUT2D eigenvalue weighted by molar-refractivity contribution is 5.90. The average Bonchev–Trinajstić information content (AvgIpc) is 3.24. The first kappa shape index (κ1) is 46.9. The summed E-state index contributed by atoms with van der Waals surface area (Å²) in [4.78, 5) is 43.4. The van der Waals surface area contributed by atoms with Crippen molar-refractivity contribution < 1.29 is 38.1 Å². The van der Waals surface area contributed by atoms with Gasteiger partial charge in [0, 0.05) is 30.6 Å². The van der Waals surface area contributed by atoms with Crippen molar-refractivity contribution in [2.75, 3.05) is 26.4 Å². The maximum atomic E-state index is 12.4. The van der Waals surface area contributed by atoms with Crippen LogP contribution in [0.1, 0.15) is 159 Å². The molecule has 0 radical (unpaired) electrons. The first-order chi connectivity index (χ1) is 28.0. The molecule has 3 rings (SSSR count). The molecule has 1 aliphatic rings. The number of aromatic nitrogens is 2. The number of benzene rings is 1. The third-order valence-electron chi connectivity index (χ3n) is 10.1. The number of hydrogen-bond acceptors (Lipinski definition) is 10. The van der Waals surface area contributed by atoms with Crippen molar-refractivity contribution in [2.24, 2.45) is 0 Å². The van der Waals surface area contributed by atoms with Crippen LogP contribution in [0, 0.1) is 11.8 Å². The van der Waals surface area contributed by atoms with Gasteiger partial charge >= 0.3 is 17.9 Å². The Morgan fingerprint density at radius 3 is 1.56 bits per heavy atom. The third kappa shape index (κ3) is 22.7.